The summed E-state index contributed by atoms with van der Waals surface area (Å²) in [6.45, 7) is 0. The fourth-order valence-corrected chi connectivity index (χ4v) is 0.879. The molecule has 0 aliphatic rings. The van der Waals surface area contributed by atoms with Gasteiger partial charge in [0.2, 0.25) is 5.76 Å². The van der Waals surface area contributed by atoms with Gasteiger partial charge in [-0.05, 0) is 0 Å². The summed E-state index contributed by atoms with van der Waals surface area (Å²) in [5.41, 5.74) is -2.06. The number of aromatic nitrogens is 1. The molecule has 0 atom stereocenters. The Labute approximate surface area is 98.6 Å². The molecule has 19 heavy (non-hydrogen) atoms. The van der Waals surface area contributed by atoms with E-state index in [4.69, 9.17) is 5.11 Å². The van der Waals surface area contributed by atoms with Crippen LogP contribution in [-0.4, -0.2) is 28.1 Å². The SMILES string of the molecule is O=C(O)c1oc(NC(=O)C(F)(F)F)nc1C(F)(F)F. The third kappa shape index (κ3) is 3.35. The number of amides is 1. The van der Waals surface area contributed by atoms with Crippen molar-refractivity contribution in [1.29, 1.82) is 0 Å². The third-order valence-corrected chi connectivity index (χ3v) is 1.57. The summed E-state index contributed by atoms with van der Waals surface area (Å²) in [6, 6.07) is -1.52. The second-order valence-corrected chi connectivity index (χ2v) is 2.95. The molecule has 0 radical (unpaired) electrons. The zero-order valence-electron chi connectivity index (χ0n) is 8.39. The summed E-state index contributed by atoms with van der Waals surface area (Å²) >= 11 is 0. The van der Waals surface area contributed by atoms with Gasteiger partial charge in [-0.25, -0.2) is 4.79 Å². The molecule has 0 aliphatic heterocycles. The summed E-state index contributed by atoms with van der Waals surface area (Å²) in [7, 11) is 0. The maximum absolute atomic E-state index is 12.3. The van der Waals surface area contributed by atoms with Crippen LogP contribution in [0.3, 0.4) is 0 Å². The lowest BCUT2D eigenvalue weighted by Crippen LogP contribution is -2.30. The fourth-order valence-electron chi connectivity index (χ4n) is 0.879. The molecule has 1 aromatic heterocycles. The Morgan fingerprint density at radius 2 is 1.68 bits per heavy atom. The number of carbonyl (C=O) groups is 2. The van der Waals surface area contributed by atoms with E-state index in [0.29, 0.717) is 0 Å². The van der Waals surface area contributed by atoms with Gasteiger partial charge in [-0.1, -0.05) is 0 Å². The van der Waals surface area contributed by atoms with Crippen LogP contribution in [0, 0.1) is 0 Å². The number of carboxylic acids is 1. The van der Waals surface area contributed by atoms with E-state index in [-0.39, 0.29) is 0 Å². The van der Waals surface area contributed by atoms with E-state index < -0.39 is 41.7 Å². The Balaban J connectivity index is 3.13. The van der Waals surface area contributed by atoms with Crippen LogP contribution in [0.5, 0.6) is 0 Å². The first-order valence-corrected chi connectivity index (χ1v) is 4.12. The summed E-state index contributed by atoms with van der Waals surface area (Å²) in [4.78, 5) is 23.3. The Kier molecular flexibility index (Phi) is 3.45. The molecule has 0 aliphatic carbocycles. The van der Waals surface area contributed by atoms with E-state index in [1.165, 1.54) is 0 Å². The van der Waals surface area contributed by atoms with Gasteiger partial charge < -0.3 is 9.52 Å². The monoisotopic (exact) mass is 292 g/mol. The number of nitrogens with one attached hydrogen (secondary N) is 1. The van der Waals surface area contributed by atoms with Crippen LogP contribution in [0.25, 0.3) is 0 Å². The van der Waals surface area contributed by atoms with Crippen molar-refractivity contribution in [3.8, 4) is 0 Å². The van der Waals surface area contributed by atoms with Gasteiger partial charge in [0, 0.05) is 0 Å². The van der Waals surface area contributed by atoms with E-state index >= 15 is 0 Å². The molecule has 1 aromatic rings. The second kappa shape index (κ2) is 4.44. The minimum atomic E-state index is -5.39. The first-order valence-electron chi connectivity index (χ1n) is 4.12. The summed E-state index contributed by atoms with van der Waals surface area (Å²) in [6.07, 6.45) is -10.7. The second-order valence-electron chi connectivity index (χ2n) is 2.95. The quantitative estimate of drug-likeness (QED) is 0.812. The van der Waals surface area contributed by atoms with Crippen LogP contribution in [0.15, 0.2) is 4.42 Å². The number of carboxylic acid groups (broad SMARTS) is 1. The third-order valence-electron chi connectivity index (χ3n) is 1.57. The summed E-state index contributed by atoms with van der Waals surface area (Å²) < 4.78 is 76.2. The van der Waals surface area contributed by atoms with Crippen molar-refractivity contribution in [3.63, 3.8) is 0 Å². The largest absolute Gasteiger partial charge is 0.475 e. The molecule has 6 nitrogen and oxygen atoms in total. The van der Waals surface area contributed by atoms with Crippen molar-refractivity contribution in [3.05, 3.63) is 11.5 Å². The standard InChI is InChI=1S/C7H2F6N2O4/c8-6(9,10)2-1(3(16)17)19-5(14-2)15-4(18)7(11,12)13/h(H,16,17)(H,14,15,18). The molecule has 0 spiro atoms. The highest BCUT2D eigenvalue weighted by Crippen LogP contribution is 2.33. The van der Waals surface area contributed by atoms with E-state index in [0.717, 1.165) is 5.32 Å². The number of hydrogen-bond acceptors (Lipinski definition) is 4. The smallest absolute Gasteiger partial charge is 0.471 e. The van der Waals surface area contributed by atoms with Gasteiger partial charge in [-0.3, -0.25) is 10.1 Å². The van der Waals surface area contributed by atoms with E-state index in [9.17, 15) is 35.9 Å². The maximum Gasteiger partial charge on any atom is 0.471 e. The number of halogens is 6. The van der Waals surface area contributed by atoms with E-state index in [1.54, 1.807) is 0 Å². The first kappa shape index (κ1) is 14.8. The predicted octanol–water partition coefficient (Wildman–Crippen LogP) is 1.89. The van der Waals surface area contributed by atoms with Gasteiger partial charge in [0.15, 0.2) is 5.69 Å². The Morgan fingerprint density at radius 3 is 2.00 bits per heavy atom. The molecular weight excluding hydrogens is 290 g/mol. The number of rotatable bonds is 2. The minimum Gasteiger partial charge on any atom is -0.475 e. The molecule has 0 fully saturated rings. The lowest BCUT2D eigenvalue weighted by atomic mass is 10.3. The van der Waals surface area contributed by atoms with E-state index in [1.807, 2.05) is 0 Å². The Hall–Kier alpha value is -2.27. The summed E-state index contributed by atoms with van der Waals surface area (Å²) in [5.74, 6) is -6.59. The average molecular weight is 292 g/mol. The molecule has 0 saturated carbocycles. The number of alkyl halides is 6. The Bertz CT molecular complexity index is 517. The van der Waals surface area contributed by atoms with Gasteiger partial charge in [-0.15, -0.1) is 0 Å². The van der Waals surface area contributed by atoms with Crippen molar-refractivity contribution in [1.82, 2.24) is 4.98 Å². The van der Waals surface area contributed by atoms with Crippen LogP contribution in [0.2, 0.25) is 0 Å². The molecule has 0 aromatic carbocycles. The predicted molar refractivity (Wildman–Crippen MR) is 43.1 cm³/mol. The van der Waals surface area contributed by atoms with Crippen molar-refractivity contribution in [2.24, 2.45) is 0 Å². The van der Waals surface area contributed by atoms with Crippen LogP contribution in [-0.2, 0) is 11.0 Å². The molecule has 1 amide bonds. The topological polar surface area (TPSA) is 92.4 Å². The normalized spacial score (nSPS) is 12.3. The van der Waals surface area contributed by atoms with Crippen molar-refractivity contribution in [2.45, 2.75) is 12.4 Å². The number of aromatic carboxylic acids is 1. The lowest BCUT2D eigenvalue weighted by molar-refractivity contribution is -0.167. The first-order chi connectivity index (χ1) is 8.43. The van der Waals surface area contributed by atoms with Crippen LogP contribution >= 0.6 is 0 Å². The lowest BCUT2D eigenvalue weighted by Gasteiger charge is -2.03. The Morgan fingerprint density at radius 1 is 1.16 bits per heavy atom. The fraction of sp³-hybridized carbons (Fsp3) is 0.286. The molecular formula is C7H2F6N2O4. The summed E-state index contributed by atoms with van der Waals surface area (Å²) in [5, 5.41) is 9.23. The van der Waals surface area contributed by atoms with Crippen molar-refractivity contribution < 1.29 is 45.5 Å². The molecule has 12 heteroatoms. The molecule has 2 N–H and O–H groups in total. The average Bonchev–Trinajstić information content (AvgIpc) is 2.59. The highest BCUT2D eigenvalue weighted by molar-refractivity contribution is 5.94. The van der Waals surface area contributed by atoms with Crippen LogP contribution in [0.1, 0.15) is 16.2 Å². The molecule has 106 valence electrons. The zero-order chi connectivity index (χ0) is 15.0. The van der Waals surface area contributed by atoms with Crippen LogP contribution < -0.4 is 5.32 Å². The molecule has 0 saturated heterocycles. The van der Waals surface area contributed by atoms with Gasteiger partial charge in [-0.2, -0.15) is 31.3 Å². The molecule has 1 heterocycles. The number of hydrogen-bond donors (Lipinski definition) is 2. The van der Waals surface area contributed by atoms with Gasteiger partial charge in [0.1, 0.15) is 0 Å². The number of anilines is 1. The van der Waals surface area contributed by atoms with Gasteiger partial charge >= 0.3 is 30.2 Å². The number of carbonyl (C=O) groups excluding carboxylic acids is 1. The molecule has 0 unspecified atom stereocenters. The number of nitrogens with zero attached hydrogens (tertiary/aromatic N) is 1. The van der Waals surface area contributed by atoms with Gasteiger partial charge in [0.25, 0.3) is 0 Å². The zero-order valence-corrected chi connectivity index (χ0v) is 8.39. The highest BCUT2D eigenvalue weighted by atomic mass is 19.4. The van der Waals surface area contributed by atoms with E-state index in [2.05, 4.69) is 9.40 Å². The maximum atomic E-state index is 12.3. The highest BCUT2D eigenvalue weighted by Gasteiger charge is 2.43. The molecule has 1 rings (SSSR count). The van der Waals surface area contributed by atoms with Gasteiger partial charge in [0.05, 0.1) is 0 Å². The number of oxazole rings is 1. The van der Waals surface area contributed by atoms with Crippen molar-refractivity contribution >= 4 is 17.9 Å². The molecule has 0 bridgehead atoms. The minimum absolute atomic E-state index is 0.865. The van der Waals surface area contributed by atoms with Crippen molar-refractivity contribution in [2.75, 3.05) is 5.32 Å². The van der Waals surface area contributed by atoms with Crippen LogP contribution in [0.4, 0.5) is 32.4 Å².